The largest absolute Gasteiger partial charge is 0.385 e. The Morgan fingerprint density at radius 1 is 1.21 bits per heavy atom. The summed E-state index contributed by atoms with van der Waals surface area (Å²) in [5, 5.41) is 0. The Balaban J connectivity index is 2.14. The fourth-order valence-electron chi connectivity index (χ4n) is 5.91. The van der Waals surface area contributed by atoms with Crippen LogP contribution in [0, 0.1) is 28.6 Å². The van der Waals surface area contributed by atoms with Crippen LogP contribution in [0.15, 0.2) is 11.6 Å². The van der Waals surface area contributed by atoms with Crippen molar-refractivity contribution in [2.45, 2.75) is 79.2 Å². The Labute approximate surface area is 150 Å². The average Bonchev–Trinajstić information content (AvgIpc) is 2.51. The minimum Gasteiger partial charge on any atom is -0.385 e. The number of allylic oxidation sites excluding steroid dienone is 2. The molecular weight excluding hydrogens is 296 g/mol. The molecule has 140 valence electrons. The maximum atomic E-state index is 5.87. The van der Waals surface area contributed by atoms with Gasteiger partial charge in [-0.25, -0.2) is 0 Å². The first-order valence-electron chi connectivity index (χ1n) is 9.95. The maximum absolute atomic E-state index is 5.87. The van der Waals surface area contributed by atoms with Gasteiger partial charge >= 0.3 is 0 Å². The highest BCUT2D eigenvalue weighted by atomic mass is 16.5. The lowest BCUT2D eigenvalue weighted by Gasteiger charge is -2.59. The average molecular weight is 337 g/mol. The van der Waals surface area contributed by atoms with E-state index in [2.05, 4.69) is 40.7 Å². The van der Waals surface area contributed by atoms with Crippen LogP contribution in [0.5, 0.6) is 0 Å². The maximum Gasteiger partial charge on any atom is 0.0625 e. The molecule has 2 aliphatic carbocycles. The molecule has 5 atom stereocenters. The number of fused-ring (bicyclic) bond motifs is 1. The van der Waals surface area contributed by atoms with Gasteiger partial charge in [0.25, 0.3) is 0 Å². The van der Waals surface area contributed by atoms with Gasteiger partial charge < -0.3 is 9.47 Å². The van der Waals surface area contributed by atoms with Gasteiger partial charge in [0.05, 0.1) is 6.10 Å². The molecule has 0 aliphatic heterocycles. The summed E-state index contributed by atoms with van der Waals surface area (Å²) in [6.45, 7) is 13.1. The van der Waals surface area contributed by atoms with Gasteiger partial charge in [-0.1, -0.05) is 45.8 Å². The lowest BCUT2D eigenvalue weighted by Crippen LogP contribution is -2.54. The van der Waals surface area contributed by atoms with Crippen molar-refractivity contribution in [2.75, 3.05) is 20.8 Å². The zero-order valence-electron chi connectivity index (χ0n) is 17.2. The second-order valence-corrected chi connectivity index (χ2v) is 9.34. The molecule has 0 aromatic carbocycles. The van der Waals surface area contributed by atoms with E-state index in [4.69, 9.17) is 9.47 Å². The summed E-state index contributed by atoms with van der Waals surface area (Å²) in [4.78, 5) is 0. The summed E-state index contributed by atoms with van der Waals surface area (Å²) in [5.74, 6) is 2.22. The third-order valence-corrected chi connectivity index (χ3v) is 7.54. The second kappa shape index (κ2) is 7.91. The predicted octanol–water partition coefficient (Wildman–Crippen LogP) is 5.86. The Bertz CT molecular complexity index is 439. The van der Waals surface area contributed by atoms with Crippen molar-refractivity contribution in [3.8, 4) is 0 Å². The number of ether oxygens (including phenoxy) is 2. The first-order valence-corrected chi connectivity index (χ1v) is 9.95. The summed E-state index contributed by atoms with van der Waals surface area (Å²) in [7, 11) is 3.71. The van der Waals surface area contributed by atoms with Gasteiger partial charge in [-0.05, 0) is 67.6 Å². The Morgan fingerprint density at radius 3 is 2.54 bits per heavy atom. The van der Waals surface area contributed by atoms with E-state index in [1.54, 1.807) is 5.57 Å². The Morgan fingerprint density at radius 2 is 1.92 bits per heavy atom. The van der Waals surface area contributed by atoms with Gasteiger partial charge in [0.1, 0.15) is 0 Å². The molecule has 2 nitrogen and oxygen atoms in total. The van der Waals surface area contributed by atoms with Crippen LogP contribution in [-0.4, -0.2) is 26.9 Å². The molecule has 2 rings (SSSR count). The van der Waals surface area contributed by atoms with Gasteiger partial charge in [0.2, 0.25) is 0 Å². The van der Waals surface area contributed by atoms with E-state index in [9.17, 15) is 0 Å². The van der Waals surface area contributed by atoms with E-state index in [0.29, 0.717) is 11.5 Å². The molecule has 0 spiro atoms. The minimum absolute atomic E-state index is 0.263. The number of hydrogen-bond acceptors (Lipinski definition) is 2. The smallest absolute Gasteiger partial charge is 0.0625 e. The number of rotatable bonds is 7. The minimum atomic E-state index is 0.263. The quantitative estimate of drug-likeness (QED) is 0.542. The van der Waals surface area contributed by atoms with E-state index >= 15 is 0 Å². The fourth-order valence-corrected chi connectivity index (χ4v) is 5.91. The summed E-state index contributed by atoms with van der Waals surface area (Å²) in [5.41, 5.74) is 2.33. The Hall–Kier alpha value is -0.340. The molecule has 0 heterocycles. The molecule has 0 unspecified atom stereocenters. The lowest BCUT2D eigenvalue weighted by atomic mass is 9.47. The summed E-state index contributed by atoms with van der Waals surface area (Å²) in [6, 6.07) is 0. The first-order chi connectivity index (χ1) is 11.3. The fraction of sp³-hybridized carbons (Fsp3) is 0.909. The molecule has 1 saturated carbocycles. The summed E-state index contributed by atoms with van der Waals surface area (Å²) >= 11 is 0. The van der Waals surface area contributed by atoms with Gasteiger partial charge in [0.15, 0.2) is 0 Å². The van der Waals surface area contributed by atoms with Crippen LogP contribution in [-0.2, 0) is 9.47 Å². The zero-order valence-corrected chi connectivity index (χ0v) is 17.2. The van der Waals surface area contributed by atoms with Gasteiger partial charge in [-0.3, -0.25) is 0 Å². The molecule has 2 heteroatoms. The van der Waals surface area contributed by atoms with Crippen LogP contribution < -0.4 is 0 Å². The van der Waals surface area contributed by atoms with Crippen molar-refractivity contribution in [1.29, 1.82) is 0 Å². The molecule has 0 amide bonds. The Kier molecular flexibility index (Phi) is 6.58. The third kappa shape index (κ3) is 3.75. The molecule has 2 aliphatic rings. The molecule has 0 N–H and O–H groups in total. The van der Waals surface area contributed by atoms with E-state index in [-0.39, 0.29) is 5.41 Å². The molecule has 0 radical (unpaired) electrons. The second-order valence-electron chi connectivity index (χ2n) is 9.34. The normalized spacial score (nSPS) is 36.8. The van der Waals surface area contributed by atoms with E-state index in [1.807, 2.05) is 14.2 Å². The molecular formula is C22H40O2. The van der Waals surface area contributed by atoms with E-state index in [1.165, 1.54) is 38.5 Å². The first kappa shape index (κ1) is 20.0. The van der Waals surface area contributed by atoms with Crippen molar-refractivity contribution in [1.82, 2.24) is 0 Å². The molecule has 0 bridgehead atoms. The van der Waals surface area contributed by atoms with Gasteiger partial charge in [-0.2, -0.15) is 0 Å². The van der Waals surface area contributed by atoms with Crippen LogP contribution in [0.4, 0.5) is 0 Å². The van der Waals surface area contributed by atoms with E-state index < -0.39 is 0 Å². The standard InChI is InChI=1S/C22H40O2/c1-16(13-15-23-6)8-10-18-17(2)9-11-19-21(3,4)20(24-7)12-14-22(18,19)5/h9,16,18-20H,8,10-15H2,1-7H3/t16-,18-,19-,20-,22+/m0/s1. The lowest BCUT2D eigenvalue weighted by molar-refractivity contribution is -0.130. The molecule has 24 heavy (non-hydrogen) atoms. The van der Waals surface area contributed by atoms with Crippen molar-refractivity contribution < 1.29 is 9.47 Å². The highest BCUT2D eigenvalue weighted by Crippen LogP contribution is 2.61. The van der Waals surface area contributed by atoms with Crippen LogP contribution in [0.2, 0.25) is 0 Å². The van der Waals surface area contributed by atoms with Crippen molar-refractivity contribution in [3.63, 3.8) is 0 Å². The monoisotopic (exact) mass is 336 g/mol. The van der Waals surface area contributed by atoms with Crippen molar-refractivity contribution >= 4 is 0 Å². The SMILES string of the molecule is COCC[C@@H](C)CC[C@H]1C(C)=CC[C@H]2C(C)(C)[C@@H](OC)CC[C@]12C. The van der Waals surface area contributed by atoms with Crippen molar-refractivity contribution in [3.05, 3.63) is 11.6 Å². The zero-order chi connectivity index (χ0) is 18.0. The third-order valence-electron chi connectivity index (χ3n) is 7.54. The molecule has 1 fully saturated rings. The topological polar surface area (TPSA) is 18.5 Å². The summed E-state index contributed by atoms with van der Waals surface area (Å²) in [6.07, 6.45) is 10.5. The highest BCUT2D eigenvalue weighted by molar-refractivity contribution is 5.19. The van der Waals surface area contributed by atoms with Crippen molar-refractivity contribution in [2.24, 2.45) is 28.6 Å². The molecule has 0 aromatic heterocycles. The van der Waals surface area contributed by atoms with Crippen LogP contribution >= 0.6 is 0 Å². The van der Waals surface area contributed by atoms with Crippen LogP contribution in [0.3, 0.4) is 0 Å². The molecule has 0 aromatic rings. The molecule has 0 saturated heterocycles. The highest BCUT2D eigenvalue weighted by Gasteiger charge is 2.55. The number of methoxy groups -OCH3 is 2. The van der Waals surface area contributed by atoms with E-state index in [0.717, 1.165) is 24.4 Å². The van der Waals surface area contributed by atoms with Crippen LogP contribution in [0.25, 0.3) is 0 Å². The van der Waals surface area contributed by atoms with Crippen LogP contribution in [0.1, 0.15) is 73.1 Å². The summed E-state index contributed by atoms with van der Waals surface area (Å²) < 4.78 is 11.1. The predicted molar refractivity (Wildman–Crippen MR) is 102 cm³/mol. The van der Waals surface area contributed by atoms with Gasteiger partial charge in [0, 0.05) is 20.8 Å². The number of hydrogen-bond donors (Lipinski definition) is 0. The van der Waals surface area contributed by atoms with Gasteiger partial charge in [-0.15, -0.1) is 0 Å².